The fraction of sp³-hybridized carbons (Fsp3) is 0.917. The quantitative estimate of drug-likeness (QED) is 0.245. The third-order valence-electron chi connectivity index (χ3n) is 6.13. The van der Waals surface area contributed by atoms with Crippen LogP contribution in [-0.4, -0.2) is 23.1 Å². The Hall–Kier alpha value is -1.06. The van der Waals surface area contributed by atoms with Crippen molar-refractivity contribution in [3.63, 3.8) is 0 Å². The van der Waals surface area contributed by atoms with E-state index in [0.29, 0.717) is 25.7 Å². The first kappa shape index (κ1) is 25.0. The molecule has 1 rings (SSSR count). The molecular weight excluding hydrogens is 352 g/mol. The predicted molar refractivity (Wildman–Crippen MR) is 114 cm³/mol. The average molecular weight is 397 g/mol. The first-order chi connectivity index (χ1) is 13.4. The molecule has 28 heavy (non-hydrogen) atoms. The van der Waals surface area contributed by atoms with E-state index in [4.69, 9.17) is 9.84 Å². The minimum atomic E-state index is -0.724. The molecular formula is C24H44O4. The summed E-state index contributed by atoms with van der Waals surface area (Å²) >= 11 is 0. The summed E-state index contributed by atoms with van der Waals surface area (Å²) in [6.07, 6.45) is 15.6. The second kappa shape index (κ2) is 14.9. The number of hydrogen-bond acceptors (Lipinski definition) is 3. The highest BCUT2D eigenvalue weighted by Gasteiger charge is 2.31. The molecule has 1 aliphatic carbocycles. The molecule has 0 amide bonds. The lowest BCUT2D eigenvalue weighted by Gasteiger charge is -2.27. The second-order valence-corrected chi connectivity index (χ2v) is 9.18. The highest BCUT2D eigenvalue weighted by molar-refractivity contribution is 5.74. The van der Waals surface area contributed by atoms with Crippen LogP contribution in [0.2, 0.25) is 0 Å². The van der Waals surface area contributed by atoms with E-state index in [0.717, 1.165) is 31.6 Å². The van der Waals surface area contributed by atoms with Crippen molar-refractivity contribution in [2.75, 3.05) is 0 Å². The normalized spacial score (nSPS) is 20.9. The fourth-order valence-corrected chi connectivity index (χ4v) is 4.18. The van der Waals surface area contributed by atoms with Gasteiger partial charge in [0.1, 0.15) is 6.10 Å². The van der Waals surface area contributed by atoms with Gasteiger partial charge in [0, 0.05) is 0 Å². The summed E-state index contributed by atoms with van der Waals surface area (Å²) < 4.78 is 5.91. The molecule has 0 spiro atoms. The van der Waals surface area contributed by atoms with Gasteiger partial charge in [0.2, 0.25) is 0 Å². The molecule has 0 aromatic carbocycles. The Bertz CT molecular complexity index is 424. The van der Waals surface area contributed by atoms with Crippen molar-refractivity contribution in [1.29, 1.82) is 0 Å². The Morgan fingerprint density at radius 2 is 1.32 bits per heavy atom. The van der Waals surface area contributed by atoms with E-state index >= 15 is 0 Å². The van der Waals surface area contributed by atoms with Crippen LogP contribution in [0.3, 0.4) is 0 Å². The van der Waals surface area contributed by atoms with Crippen LogP contribution in [0, 0.1) is 17.8 Å². The van der Waals surface area contributed by atoms with Crippen LogP contribution < -0.4 is 0 Å². The number of esters is 1. The zero-order valence-corrected chi connectivity index (χ0v) is 18.6. The zero-order chi connectivity index (χ0) is 20.8. The van der Waals surface area contributed by atoms with Gasteiger partial charge in [-0.1, -0.05) is 65.7 Å². The van der Waals surface area contributed by atoms with Crippen molar-refractivity contribution in [3.05, 3.63) is 0 Å². The van der Waals surface area contributed by atoms with Crippen molar-refractivity contribution < 1.29 is 19.4 Å². The molecule has 0 radical (unpaired) electrons. The number of carbonyl (C=O) groups excluding carboxylic acids is 1. The summed E-state index contributed by atoms with van der Waals surface area (Å²) in [6.45, 7) is 6.76. The Balaban J connectivity index is 2.31. The van der Waals surface area contributed by atoms with Crippen molar-refractivity contribution >= 4 is 11.9 Å². The lowest BCUT2D eigenvalue weighted by molar-refractivity contribution is -0.158. The van der Waals surface area contributed by atoms with Crippen molar-refractivity contribution in [2.24, 2.45) is 17.8 Å². The second-order valence-electron chi connectivity index (χ2n) is 9.18. The number of carboxylic acid groups (broad SMARTS) is 1. The Labute approximate surface area is 172 Å². The molecule has 0 aliphatic heterocycles. The first-order valence-electron chi connectivity index (χ1n) is 11.9. The molecule has 164 valence electrons. The molecule has 1 aliphatic rings. The third kappa shape index (κ3) is 11.1. The Kier molecular flexibility index (Phi) is 13.3. The predicted octanol–water partition coefficient (Wildman–Crippen LogP) is 6.76. The van der Waals surface area contributed by atoms with Crippen molar-refractivity contribution in [3.8, 4) is 0 Å². The van der Waals surface area contributed by atoms with Crippen LogP contribution >= 0.6 is 0 Å². The van der Waals surface area contributed by atoms with Crippen LogP contribution in [0.25, 0.3) is 0 Å². The number of carbonyl (C=O) groups is 2. The minimum Gasteiger partial charge on any atom is -0.481 e. The summed E-state index contributed by atoms with van der Waals surface area (Å²) in [6, 6.07) is 0. The van der Waals surface area contributed by atoms with Gasteiger partial charge in [-0.25, -0.2) is 0 Å². The van der Waals surface area contributed by atoms with E-state index < -0.39 is 5.97 Å². The van der Waals surface area contributed by atoms with Gasteiger partial charge in [-0.3, -0.25) is 9.59 Å². The van der Waals surface area contributed by atoms with E-state index in [1.165, 1.54) is 44.9 Å². The highest BCUT2D eigenvalue weighted by atomic mass is 16.5. The van der Waals surface area contributed by atoms with E-state index in [-0.39, 0.29) is 23.9 Å². The number of aliphatic carboxylic acids is 1. The molecule has 0 aromatic rings. The van der Waals surface area contributed by atoms with Gasteiger partial charge in [-0.15, -0.1) is 0 Å². The molecule has 0 bridgehead atoms. The largest absolute Gasteiger partial charge is 0.481 e. The number of rotatable bonds is 15. The van der Waals surface area contributed by atoms with Crippen LogP contribution in [-0.2, 0) is 14.3 Å². The molecule has 1 saturated carbocycles. The smallest absolute Gasteiger partial charge is 0.309 e. The number of unbranched alkanes of at least 4 members (excludes halogenated alkanes) is 6. The van der Waals surface area contributed by atoms with E-state index in [2.05, 4.69) is 20.8 Å². The molecule has 4 heteroatoms. The molecule has 0 aromatic heterocycles. The summed E-state index contributed by atoms with van der Waals surface area (Å²) in [5.41, 5.74) is 0. The summed E-state index contributed by atoms with van der Waals surface area (Å²) in [4.78, 5) is 23.7. The summed E-state index contributed by atoms with van der Waals surface area (Å²) in [5.74, 6) is -0.381. The van der Waals surface area contributed by atoms with Gasteiger partial charge >= 0.3 is 11.9 Å². The van der Waals surface area contributed by atoms with Crippen molar-refractivity contribution in [2.45, 2.75) is 123 Å². The summed E-state index contributed by atoms with van der Waals surface area (Å²) in [7, 11) is 0. The SMILES string of the molecule is CCCCCC(CCCCCCCC(C)C)OC(=O)C1CCC(C(=O)O)CC1. The maximum atomic E-state index is 12.6. The number of carboxylic acids is 1. The third-order valence-corrected chi connectivity index (χ3v) is 6.13. The fourth-order valence-electron chi connectivity index (χ4n) is 4.18. The van der Waals surface area contributed by atoms with Crippen LogP contribution in [0.15, 0.2) is 0 Å². The van der Waals surface area contributed by atoms with Gasteiger partial charge < -0.3 is 9.84 Å². The molecule has 1 N–H and O–H groups in total. The van der Waals surface area contributed by atoms with E-state index in [1.807, 2.05) is 0 Å². The standard InChI is InChI=1S/C24H44O4/c1-4-5-9-13-22(14-11-8-6-7-10-12-19(2)3)28-24(27)21-17-15-20(16-18-21)23(25)26/h19-22H,4-18H2,1-3H3,(H,25,26). The topological polar surface area (TPSA) is 63.6 Å². The Morgan fingerprint density at radius 3 is 1.86 bits per heavy atom. The van der Waals surface area contributed by atoms with Gasteiger partial charge in [0.05, 0.1) is 11.8 Å². The van der Waals surface area contributed by atoms with Crippen LogP contribution in [0.4, 0.5) is 0 Å². The molecule has 1 atom stereocenters. The molecule has 0 heterocycles. The molecule has 4 nitrogen and oxygen atoms in total. The number of ether oxygens (including phenoxy) is 1. The monoisotopic (exact) mass is 396 g/mol. The maximum absolute atomic E-state index is 12.6. The molecule has 1 unspecified atom stereocenters. The maximum Gasteiger partial charge on any atom is 0.309 e. The average Bonchev–Trinajstić information content (AvgIpc) is 2.66. The van der Waals surface area contributed by atoms with Gasteiger partial charge in [-0.2, -0.15) is 0 Å². The van der Waals surface area contributed by atoms with Crippen LogP contribution in [0.5, 0.6) is 0 Å². The molecule has 0 saturated heterocycles. The minimum absolute atomic E-state index is 0.0481. The van der Waals surface area contributed by atoms with E-state index in [9.17, 15) is 9.59 Å². The lowest BCUT2D eigenvalue weighted by atomic mass is 9.82. The van der Waals surface area contributed by atoms with Crippen molar-refractivity contribution in [1.82, 2.24) is 0 Å². The van der Waals surface area contributed by atoms with E-state index in [1.54, 1.807) is 0 Å². The van der Waals surface area contributed by atoms with Crippen LogP contribution in [0.1, 0.15) is 117 Å². The highest BCUT2D eigenvalue weighted by Crippen LogP contribution is 2.30. The summed E-state index contributed by atoms with van der Waals surface area (Å²) in [5, 5.41) is 9.11. The Morgan fingerprint density at radius 1 is 0.821 bits per heavy atom. The number of hydrogen-bond donors (Lipinski definition) is 1. The first-order valence-corrected chi connectivity index (χ1v) is 11.9. The van der Waals surface area contributed by atoms with Gasteiger partial charge in [0.25, 0.3) is 0 Å². The van der Waals surface area contributed by atoms with Gasteiger partial charge in [-0.05, 0) is 57.3 Å². The molecule has 1 fully saturated rings. The lowest BCUT2D eigenvalue weighted by Crippen LogP contribution is -2.29. The zero-order valence-electron chi connectivity index (χ0n) is 18.6. The van der Waals surface area contributed by atoms with Gasteiger partial charge in [0.15, 0.2) is 0 Å².